The number of thiophene rings is 1. The summed E-state index contributed by atoms with van der Waals surface area (Å²) < 4.78 is 5.31. The van der Waals surface area contributed by atoms with Crippen LogP contribution in [0.3, 0.4) is 0 Å². The third-order valence-corrected chi connectivity index (χ3v) is 5.46. The number of piperazine rings is 1. The Balaban J connectivity index is 1.42. The van der Waals surface area contributed by atoms with Crippen LogP contribution in [0.1, 0.15) is 10.5 Å². The van der Waals surface area contributed by atoms with Crippen molar-refractivity contribution < 1.29 is 9.32 Å². The average Bonchev–Trinajstić information content (AvgIpc) is 3.33. The monoisotopic (exact) mass is 373 g/mol. The van der Waals surface area contributed by atoms with Crippen molar-refractivity contribution >= 4 is 34.5 Å². The number of hydrogen-bond acceptors (Lipinski definition) is 5. The molecule has 1 aliphatic rings. The number of amides is 1. The number of carbonyl (C=O) groups is 1. The molecular formula is C18H16ClN3O2S. The first kappa shape index (κ1) is 16.2. The molecule has 0 saturated carbocycles. The fourth-order valence-corrected chi connectivity index (χ4v) is 3.86. The maximum Gasteiger partial charge on any atom is 0.276 e. The van der Waals surface area contributed by atoms with E-state index in [2.05, 4.69) is 10.1 Å². The normalized spacial score (nSPS) is 14.8. The van der Waals surface area contributed by atoms with E-state index in [9.17, 15) is 4.79 Å². The van der Waals surface area contributed by atoms with Gasteiger partial charge in [0, 0.05) is 32.2 Å². The zero-order valence-electron chi connectivity index (χ0n) is 13.4. The molecule has 1 saturated heterocycles. The summed E-state index contributed by atoms with van der Waals surface area (Å²) in [4.78, 5) is 17.6. The lowest BCUT2D eigenvalue weighted by Crippen LogP contribution is -2.49. The van der Waals surface area contributed by atoms with Crippen molar-refractivity contribution in [3.63, 3.8) is 0 Å². The number of aromatic nitrogens is 1. The molecule has 128 valence electrons. The number of anilines is 1. The Morgan fingerprint density at radius 2 is 1.92 bits per heavy atom. The molecule has 1 amide bonds. The van der Waals surface area contributed by atoms with Crippen molar-refractivity contribution in [1.82, 2.24) is 10.1 Å². The first-order valence-electron chi connectivity index (χ1n) is 8.02. The Morgan fingerprint density at radius 1 is 1.12 bits per heavy atom. The maximum absolute atomic E-state index is 12.7. The first-order valence-corrected chi connectivity index (χ1v) is 9.27. The van der Waals surface area contributed by atoms with Gasteiger partial charge in [0.25, 0.3) is 5.91 Å². The van der Waals surface area contributed by atoms with Crippen molar-refractivity contribution in [1.29, 1.82) is 0 Å². The molecule has 4 rings (SSSR count). The van der Waals surface area contributed by atoms with Crippen LogP contribution in [0.25, 0.3) is 10.6 Å². The highest BCUT2D eigenvalue weighted by molar-refractivity contribution is 7.13. The van der Waals surface area contributed by atoms with Crippen molar-refractivity contribution in [3.05, 3.63) is 58.6 Å². The molecule has 5 nitrogen and oxygen atoms in total. The molecule has 0 radical (unpaired) electrons. The van der Waals surface area contributed by atoms with Gasteiger partial charge in [0.05, 0.1) is 15.6 Å². The molecule has 0 unspecified atom stereocenters. The summed E-state index contributed by atoms with van der Waals surface area (Å²) in [6, 6.07) is 13.4. The lowest BCUT2D eigenvalue weighted by atomic mass is 10.2. The van der Waals surface area contributed by atoms with Gasteiger partial charge in [0.1, 0.15) is 0 Å². The summed E-state index contributed by atoms with van der Waals surface area (Å²) >= 11 is 7.82. The summed E-state index contributed by atoms with van der Waals surface area (Å²) in [6.07, 6.45) is 0. The number of rotatable bonds is 3. The van der Waals surface area contributed by atoms with Crippen LogP contribution in [0, 0.1) is 0 Å². The highest BCUT2D eigenvalue weighted by Gasteiger charge is 2.25. The van der Waals surface area contributed by atoms with Crippen molar-refractivity contribution in [2.24, 2.45) is 0 Å². The van der Waals surface area contributed by atoms with Gasteiger partial charge in [0.15, 0.2) is 11.5 Å². The molecular weight excluding hydrogens is 358 g/mol. The van der Waals surface area contributed by atoms with E-state index in [4.69, 9.17) is 16.1 Å². The predicted octanol–water partition coefficient (Wildman–Crippen LogP) is 4.02. The van der Waals surface area contributed by atoms with E-state index in [0.717, 1.165) is 28.7 Å². The van der Waals surface area contributed by atoms with Crippen LogP contribution < -0.4 is 4.90 Å². The summed E-state index contributed by atoms with van der Waals surface area (Å²) in [5.74, 6) is 0.540. The quantitative estimate of drug-likeness (QED) is 0.695. The van der Waals surface area contributed by atoms with Crippen LogP contribution in [0.2, 0.25) is 5.02 Å². The van der Waals surface area contributed by atoms with Gasteiger partial charge in [0.2, 0.25) is 0 Å². The standard InChI is InChI=1S/C18H16ClN3O2S/c19-13-4-1-2-5-15(13)21-7-9-22(10-8-21)18(23)14-12-16(24-20-14)17-6-3-11-25-17/h1-6,11-12H,7-10H2. The lowest BCUT2D eigenvalue weighted by Gasteiger charge is -2.36. The second-order valence-electron chi connectivity index (χ2n) is 5.78. The predicted molar refractivity (Wildman–Crippen MR) is 99.4 cm³/mol. The van der Waals surface area contributed by atoms with Gasteiger partial charge in [-0.15, -0.1) is 11.3 Å². The lowest BCUT2D eigenvalue weighted by molar-refractivity contribution is 0.0736. The number of para-hydroxylation sites is 1. The molecule has 0 spiro atoms. The minimum Gasteiger partial charge on any atom is -0.367 e. The molecule has 1 aliphatic heterocycles. The highest BCUT2D eigenvalue weighted by atomic mass is 35.5. The van der Waals surface area contributed by atoms with Gasteiger partial charge in [-0.3, -0.25) is 4.79 Å². The maximum atomic E-state index is 12.7. The van der Waals surface area contributed by atoms with E-state index >= 15 is 0 Å². The smallest absolute Gasteiger partial charge is 0.276 e. The highest BCUT2D eigenvalue weighted by Crippen LogP contribution is 2.27. The number of benzene rings is 1. The van der Waals surface area contributed by atoms with Crippen molar-refractivity contribution in [2.75, 3.05) is 31.1 Å². The molecule has 3 heterocycles. The van der Waals surface area contributed by atoms with E-state index in [-0.39, 0.29) is 5.91 Å². The Bertz CT molecular complexity index is 870. The summed E-state index contributed by atoms with van der Waals surface area (Å²) in [7, 11) is 0. The van der Waals surface area contributed by atoms with Crippen LogP contribution in [-0.2, 0) is 0 Å². The third-order valence-electron chi connectivity index (χ3n) is 4.25. The second kappa shape index (κ2) is 6.90. The number of nitrogens with zero attached hydrogens (tertiary/aromatic N) is 3. The van der Waals surface area contributed by atoms with E-state index < -0.39 is 0 Å². The number of carbonyl (C=O) groups excluding carboxylic acids is 1. The summed E-state index contributed by atoms with van der Waals surface area (Å²) in [5, 5.41) is 6.65. The molecule has 7 heteroatoms. The summed E-state index contributed by atoms with van der Waals surface area (Å²) in [6.45, 7) is 2.74. The molecule has 0 aliphatic carbocycles. The third kappa shape index (κ3) is 3.27. The summed E-state index contributed by atoms with van der Waals surface area (Å²) in [5.41, 5.74) is 1.37. The van der Waals surface area contributed by atoms with E-state index in [0.29, 0.717) is 24.5 Å². The Kier molecular flexibility index (Phi) is 4.46. The minimum atomic E-state index is -0.0923. The SMILES string of the molecule is O=C(c1cc(-c2cccs2)on1)N1CCN(c2ccccc2Cl)CC1. The zero-order valence-corrected chi connectivity index (χ0v) is 15.0. The van der Waals surface area contributed by atoms with E-state index in [1.54, 1.807) is 17.4 Å². The van der Waals surface area contributed by atoms with Gasteiger partial charge in [-0.1, -0.05) is 35.0 Å². The Hall–Kier alpha value is -2.31. The van der Waals surface area contributed by atoms with Crippen LogP contribution in [0.4, 0.5) is 5.69 Å². The first-order chi connectivity index (χ1) is 12.2. The number of hydrogen-bond donors (Lipinski definition) is 0. The molecule has 0 bridgehead atoms. The van der Waals surface area contributed by atoms with Gasteiger partial charge in [-0.2, -0.15) is 0 Å². The van der Waals surface area contributed by atoms with E-state index in [1.807, 2.05) is 46.7 Å². The van der Waals surface area contributed by atoms with Gasteiger partial charge < -0.3 is 14.3 Å². The fraction of sp³-hybridized carbons (Fsp3) is 0.222. The van der Waals surface area contributed by atoms with Gasteiger partial charge in [-0.05, 0) is 23.6 Å². The van der Waals surface area contributed by atoms with E-state index in [1.165, 1.54) is 0 Å². The Morgan fingerprint density at radius 3 is 2.64 bits per heavy atom. The van der Waals surface area contributed by atoms with Crippen LogP contribution >= 0.6 is 22.9 Å². The van der Waals surface area contributed by atoms with Crippen molar-refractivity contribution in [2.45, 2.75) is 0 Å². The largest absolute Gasteiger partial charge is 0.367 e. The van der Waals surface area contributed by atoms with Gasteiger partial charge >= 0.3 is 0 Å². The molecule has 25 heavy (non-hydrogen) atoms. The van der Waals surface area contributed by atoms with Crippen LogP contribution in [-0.4, -0.2) is 42.1 Å². The van der Waals surface area contributed by atoms with Crippen LogP contribution in [0.15, 0.2) is 52.4 Å². The topological polar surface area (TPSA) is 49.6 Å². The minimum absolute atomic E-state index is 0.0923. The average molecular weight is 374 g/mol. The molecule has 1 aromatic carbocycles. The molecule has 0 N–H and O–H groups in total. The zero-order chi connectivity index (χ0) is 17.2. The molecule has 3 aromatic rings. The van der Waals surface area contributed by atoms with Crippen molar-refractivity contribution in [3.8, 4) is 10.6 Å². The van der Waals surface area contributed by atoms with Crippen LogP contribution in [0.5, 0.6) is 0 Å². The molecule has 0 atom stereocenters. The molecule has 2 aromatic heterocycles. The fourth-order valence-electron chi connectivity index (χ4n) is 2.93. The molecule has 1 fully saturated rings. The number of halogens is 1. The Labute approximate surface area is 154 Å². The van der Waals surface area contributed by atoms with Gasteiger partial charge in [-0.25, -0.2) is 0 Å². The second-order valence-corrected chi connectivity index (χ2v) is 7.14.